The minimum atomic E-state index is -0.349. The second-order valence-corrected chi connectivity index (χ2v) is 6.98. The number of aryl methyl sites for hydroxylation is 2. The van der Waals surface area contributed by atoms with Crippen LogP contribution < -0.4 is 10.6 Å². The first-order valence-corrected chi connectivity index (χ1v) is 9.65. The second kappa shape index (κ2) is 8.69. The van der Waals surface area contributed by atoms with Crippen molar-refractivity contribution >= 4 is 23.0 Å². The van der Waals surface area contributed by atoms with Crippen molar-refractivity contribution in [2.45, 2.75) is 40.0 Å². The Hall–Kier alpha value is -3.15. The Morgan fingerprint density at radius 1 is 1.07 bits per heavy atom. The number of pyridine rings is 1. The fourth-order valence-electron chi connectivity index (χ4n) is 3.16. The van der Waals surface area contributed by atoms with E-state index in [1.54, 1.807) is 16.7 Å². The lowest BCUT2D eigenvalue weighted by Gasteiger charge is -2.08. The Morgan fingerprint density at radius 3 is 2.64 bits per heavy atom. The third-order valence-corrected chi connectivity index (χ3v) is 4.66. The molecule has 0 unspecified atom stereocenters. The Labute approximate surface area is 165 Å². The first kappa shape index (κ1) is 19.6. The highest BCUT2D eigenvalue weighted by Gasteiger charge is 2.21. The number of benzene rings is 1. The molecular weight excluding hydrogens is 352 g/mol. The summed E-state index contributed by atoms with van der Waals surface area (Å²) in [6, 6.07) is 11.3. The van der Waals surface area contributed by atoms with Crippen molar-refractivity contribution in [3.63, 3.8) is 0 Å². The van der Waals surface area contributed by atoms with Crippen LogP contribution in [0.25, 0.3) is 5.52 Å². The molecule has 0 bridgehead atoms. The zero-order valence-corrected chi connectivity index (χ0v) is 16.6. The van der Waals surface area contributed by atoms with E-state index in [1.165, 1.54) is 0 Å². The summed E-state index contributed by atoms with van der Waals surface area (Å²) >= 11 is 0. The Bertz CT molecular complexity index is 1010. The molecule has 2 heterocycles. The fourth-order valence-corrected chi connectivity index (χ4v) is 3.16. The number of imidazole rings is 1. The molecule has 146 valence electrons. The smallest absolute Gasteiger partial charge is 0.292 e. The number of fused-ring (bicyclic) bond motifs is 1. The molecule has 0 saturated heterocycles. The Morgan fingerprint density at radius 2 is 1.89 bits per heavy atom. The van der Waals surface area contributed by atoms with E-state index < -0.39 is 0 Å². The van der Waals surface area contributed by atoms with Crippen LogP contribution in [0.1, 0.15) is 58.4 Å². The number of unbranched alkanes of at least 4 members (excludes halogenated alkanes) is 2. The van der Waals surface area contributed by atoms with E-state index in [1.807, 2.05) is 44.2 Å². The van der Waals surface area contributed by atoms with Crippen LogP contribution in [0.5, 0.6) is 0 Å². The molecule has 1 aromatic carbocycles. The van der Waals surface area contributed by atoms with Gasteiger partial charge in [-0.2, -0.15) is 0 Å². The van der Waals surface area contributed by atoms with E-state index in [9.17, 15) is 9.59 Å². The number of nitrogens with one attached hydrogen (secondary N) is 2. The molecule has 6 nitrogen and oxygen atoms in total. The van der Waals surface area contributed by atoms with E-state index >= 15 is 0 Å². The van der Waals surface area contributed by atoms with Crippen LogP contribution in [0, 0.1) is 13.8 Å². The van der Waals surface area contributed by atoms with Gasteiger partial charge in [-0.15, -0.1) is 0 Å². The van der Waals surface area contributed by atoms with Gasteiger partial charge in [0.05, 0.1) is 5.52 Å². The number of rotatable bonds is 7. The highest BCUT2D eigenvalue weighted by molar-refractivity contribution is 6.06. The lowest BCUT2D eigenvalue weighted by molar-refractivity contribution is 0.0950. The van der Waals surface area contributed by atoms with Crippen molar-refractivity contribution in [2.75, 3.05) is 11.9 Å². The van der Waals surface area contributed by atoms with Gasteiger partial charge in [0.1, 0.15) is 0 Å². The van der Waals surface area contributed by atoms with Gasteiger partial charge in [0, 0.05) is 18.4 Å². The number of hydrogen-bond acceptors (Lipinski definition) is 3. The van der Waals surface area contributed by atoms with Gasteiger partial charge in [-0.05, 0) is 44.0 Å². The molecule has 0 aliphatic carbocycles. The van der Waals surface area contributed by atoms with Crippen molar-refractivity contribution in [3.05, 3.63) is 65.2 Å². The molecule has 0 spiro atoms. The monoisotopic (exact) mass is 378 g/mol. The normalized spacial score (nSPS) is 10.8. The van der Waals surface area contributed by atoms with Crippen molar-refractivity contribution in [1.82, 2.24) is 14.7 Å². The van der Waals surface area contributed by atoms with E-state index in [0.29, 0.717) is 12.1 Å². The van der Waals surface area contributed by atoms with Crippen molar-refractivity contribution in [1.29, 1.82) is 0 Å². The van der Waals surface area contributed by atoms with E-state index in [2.05, 4.69) is 22.5 Å². The second-order valence-electron chi connectivity index (χ2n) is 6.98. The van der Waals surface area contributed by atoms with E-state index in [0.717, 1.165) is 36.1 Å². The number of amides is 2. The first-order valence-electron chi connectivity index (χ1n) is 9.65. The molecular formula is C22H26N4O2. The molecule has 0 fully saturated rings. The number of carbonyl (C=O) groups is 2. The average Bonchev–Trinajstić information content (AvgIpc) is 3.07. The fraction of sp³-hybridized carbons (Fsp3) is 0.318. The summed E-state index contributed by atoms with van der Waals surface area (Å²) in [5.74, 6) is -0.419. The highest BCUT2D eigenvalue weighted by Crippen LogP contribution is 2.19. The number of carbonyl (C=O) groups excluding carboxylic acids is 2. The average molecular weight is 378 g/mol. The number of anilines is 1. The maximum absolute atomic E-state index is 12.9. The summed E-state index contributed by atoms with van der Waals surface area (Å²) in [6.07, 6.45) is 4.82. The third kappa shape index (κ3) is 4.22. The lowest BCUT2D eigenvalue weighted by atomic mass is 10.1. The van der Waals surface area contributed by atoms with Crippen LogP contribution in [0.4, 0.5) is 5.69 Å². The minimum absolute atomic E-state index is 0.189. The molecule has 0 saturated carbocycles. The minimum Gasteiger partial charge on any atom is -0.351 e. The third-order valence-electron chi connectivity index (χ3n) is 4.66. The van der Waals surface area contributed by atoms with Gasteiger partial charge in [-0.1, -0.05) is 43.5 Å². The molecule has 0 atom stereocenters. The summed E-state index contributed by atoms with van der Waals surface area (Å²) in [7, 11) is 0. The molecule has 6 heteroatoms. The molecule has 28 heavy (non-hydrogen) atoms. The Kier molecular flexibility index (Phi) is 6.09. The predicted molar refractivity (Wildman–Crippen MR) is 111 cm³/mol. The lowest BCUT2D eigenvalue weighted by Crippen LogP contribution is -2.25. The van der Waals surface area contributed by atoms with Gasteiger partial charge in [-0.3, -0.25) is 14.0 Å². The van der Waals surface area contributed by atoms with Gasteiger partial charge in [-0.25, -0.2) is 4.98 Å². The summed E-state index contributed by atoms with van der Waals surface area (Å²) in [6.45, 7) is 6.67. The molecule has 2 N–H and O–H groups in total. The summed E-state index contributed by atoms with van der Waals surface area (Å²) in [5, 5.41) is 5.80. The van der Waals surface area contributed by atoms with Crippen LogP contribution >= 0.6 is 0 Å². The van der Waals surface area contributed by atoms with Crippen LogP contribution in [-0.2, 0) is 0 Å². The highest BCUT2D eigenvalue weighted by atomic mass is 16.2. The zero-order chi connectivity index (χ0) is 20.1. The van der Waals surface area contributed by atoms with E-state index in [-0.39, 0.29) is 23.3 Å². The number of aromatic nitrogens is 2. The number of nitrogens with zero attached hydrogens (tertiary/aromatic N) is 2. The number of hydrogen-bond donors (Lipinski definition) is 2. The van der Waals surface area contributed by atoms with Gasteiger partial charge in [0.15, 0.2) is 5.69 Å². The van der Waals surface area contributed by atoms with E-state index in [4.69, 9.17) is 0 Å². The standard InChI is InChI=1S/C22H26N4O2/c1-4-5-7-12-23-21(27)19-18-9-6-8-13-26(18)20(25-19)22(28)24-17-11-10-15(2)14-16(17)3/h6,8-11,13-14H,4-5,7,12H2,1-3H3,(H,23,27)(H,24,28). The summed E-state index contributed by atoms with van der Waals surface area (Å²) < 4.78 is 1.65. The molecule has 2 aromatic heterocycles. The Balaban J connectivity index is 1.87. The molecule has 3 aromatic rings. The SMILES string of the molecule is CCCCCNC(=O)c1nc(C(=O)Nc2ccc(C)cc2C)n2ccccc12. The van der Waals surface area contributed by atoms with Crippen molar-refractivity contribution in [3.8, 4) is 0 Å². The van der Waals surface area contributed by atoms with Crippen LogP contribution in [0.3, 0.4) is 0 Å². The van der Waals surface area contributed by atoms with Crippen molar-refractivity contribution in [2.24, 2.45) is 0 Å². The molecule has 0 radical (unpaired) electrons. The predicted octanol–water partition coefficient (Wildman–Crippen LogP) is 4.12. The molecule has 0 aliphatic heterocycles. The zero-order valence-electron chi connectivity index (χ0n) is 16.6. The van der Waals surface area contributed by atoms with Crippen molar-refractivity contribution < 1.29 is 9.59 Å². The van der Waals surface area contributed by atoms with Gasteiger partial charge in [0.2, 0.25) is 5.82 Å². The summed E-state index contributed by atoms with van der Waals surface area (Å²) in [4.78, 5) is 29.8. The quantitative estimate of drug-likeness (QED) is 0.607. The molecule has 0 aliphatic rings. The van der Waals surface area contributed by atoms with Crippen LogP contribution in [0.2, 0.25) is 0 Å². The van der Waals surface area contributed by atoms with Gasteiger partial charge < -0.3 is 10.6 Å². The topological polar surface area (TPSA) is 75.5 Å². The molecule has 2 amide bonds. The molecule has 3 rings (SSSR count). The van der Waals surface area contributed by atoms with Crippen LogP contribution in [0.15, 0.2) is 42.6 Å². The van der Waals surface area contributed by atoms with Gasteiger partial charge >= 0.3 is 0 Å². The first-order chi connectivity index (χ1) is 13.5. The summed E-state index contributed by atoms with van der Waals surface area (Å²) in [5.41, 5.74) is 3.71. The largest absolute Gasteiger partial charge is 0.351 e. The maximum Gasteiger partial charge on any atom is 0.292 e. The van der Waals surface area contributed by atoms with Crippen LogP contribution in [-0.4, -0.2) is 27.7 Å². The maximum atomic E-state index is 12.9. The van der Waals surface area contributed by atoms with Gasteiger partial charge in [0.25, 0.3) is 11.8 Å².